The summed E-state index contributed by atoms with van der Waals surface area (Å²) >= 11 is 0. The maximum absolute atomic E-state index is 13.4. The number of para-hydroxylation sites is 2. The zero-order valence-electron chi connectivity index (χ0n) is 15.3. The molecule has 1 saturated carbocycles. The van der Waals surface area contributed by atoms with Gasteiger partial charge in [0.15, 0.2) is 11.6 Å². The van der Waals surface area contributed by atoms with Crippen molar-refractivity contribution >= 4 is 16.9 Å². The van der Waals surface area contributed by atoms with E-state index >= 15 is 0 Å². The zero-order valence-corrected chi connectivity index (χ0v) is 15.3. The lowest BCUT2D eigenvalue weighted by Gasteiger charge is -2.21. The molecule has 28 heavy (non-hydrogen) atoms. The highest BCUT2D eigenvalue weighted by atomic mass is 19.3. The Kier molecular flexibility index (Phi) is 5.31. The summed E-state index contributed by atoms with van der Waals surface area (Å²) in [4.78, 5) is 20.3. The van der Waals surface area contributed by atoms with E-state index in [2.05, 4.69) is 20.4 Å². The second-order valence-corrected chi connectivity index (χ2v) is 7.08. The molecule has 0 radical (unpaired) electrons. The average molecular weight is 389 g/mol. The summed E-state index contributed by atoms with van der Waals surface area (Å²) in [6, 6.07) is 6.85. The van der Waals surface area contributed by atoms with Crippen molar-refractivity contribution in [3.05, 3.63) is 41.8 Å². The Balaban J connectivity index is 1.47. The second kappa shape index (κ2) is 8.04. The largest absolute Gasteiger partial charge is 0.348 e. The van der Waals surface area contributed by atoms with Crippen molar-refractivity contribution in [1.29, 1.82) is 0 Å². The molecule has 2 heterocycles. The van der Waals surface area contributed by atoms with Crippen LogP contribution in [0.1, 0.15) is 60.9 Å². The van der Waals surface area contributed by atoms with Crippen LogP contribution in [0.5, 0.6) is 0 Å². The van der Waals surface area contributed by atoms with Crippen LogP contribution in [0.15, 0.2) is 28.8 Å². The van der Waals surface area contributed by atoms with Crippen LogP contribution < -0.4 is 5.32 Å². The summed E-state index contributed by atoms with van der Waals surface area (Å²) < 4.78 is 33.1. The molecule has 0 saturated heterocycles. The Morgan fingerprint density at radius 3 is 2.79 bits per heavy atom. The van der Waals surface area contributed by atoms with Crippen molar-refractivity contribution in [3.8, 4) is 0 Å². The maximum atomic E-state index is 13.4. The smallest absolute Gasteiger partial charge is 0.316 e. The number of imidazole rings is 1. The highest BCUT2D eigenvalue weighted by Crippen LogP contribution is 2.25. The van der Waals surface area contributed by atoms with Crippen LogP contribution in [-0.2, 0) is 6.54 Å². The number of halogens is 2. The summed E-state index contributed by atoms with van der Waals surface area (Å²) in [5, 5.41) is 6.60. The van der Waals surface area contributed by atoms with Gasteiger partial charge in [-0.3, -0.25) is 4.79 Å². The maximum Gasteiger partial charge on any atom is 0.316 e. The van der Waals surface area contributed by atoms with Gasteiger partial charge in [0.2, 0.25) is 0 Å². The lowest BCUT2D eigenvalue weighted by atomic mass is 9.89. The molecule has 0 bridgehead atoms. The SMILES string of the molecule is O=C(NCC1CCCCC1)c1nc(Cn2c(C(F)F)nc3ccccc32)no1. The van der Waals surface area contributed by atoms with Crippen LogP contribution in [0.4, 0.5) is 8.78 Å². The first-order valence-electron chi connectivity index (χ1n) is 9.46. The molecule has 1 amide bonds. The Bertz CT molecular complexity index is 962. The van der Waals surface area contributed by atoms with Crippen LogP contribution >= 0.6 is 0 Å². The number of nitrogens with zero attached hydrogens (tertiary/aromatic N) is 4. The minimum absolute atomic E-state index is 0.0560. The Hall–Kier alpha value is -2.84. The van der Waals surface area contributed by atoms with Gasteiger partial charge < -0.3 is 14.4 Å². The summed E-state index contributed by atoms with van der Waals surface area (Å²) in [6.45, 7) is 0.526. The third-order valence-corrected chi connectivity index (χ3v) is 5.12. The van der Waals surface area contributed by atoms with Crippen molar-refractivity contribution in [2.75, 3.05) is 6.54 Å². The third kappa shape index (κ3) is 3.88. The number of aromatic nitrogens is 4. The van der Waals surface area contributed by atoms with E-state index in [1.54, 1.807) is 24.3 Å². The highest BCUT2D eigenvalue weighted by molar-refractivity contribution is 5.89. The second-order valence-electron chi connectivity index (χ2n) is 7.08. The molecule has 1 fully saturated rings. The summed E-state index contributed by atoms with van der Waals surface area (Å²) in [7, 11) is 0. The molecule has 0 spiro atoms. The lowest BCUT2D eigenvalue weighted by molar-refractivity contribution is 0.0899. The molecule has 1 aromatic carbocycles. The van der Waals surface area contributed by atoms with Crippen molar-refractivity contribution in [1.82, 2.24) is 25.0 Å². The fourth-order valence-corrected chi connectivity index (χ4v) is 3.68. The van der Waals surface area contributed by atoms with Crippen molar-refractivity contribution < 1.29 is 18.1 Å². The molecule has 148 valence electrons. The number of carbonyl (C=O) groups excluding carboxylic acids is 1. The van der Waals surface area contributed by atoms with E-state index in [0.717, 1.165) is 12.8 Å². The quantitative estimate of drug-likeness (QED) is 0.694. The monoisotopic (exact) mass is 389 g/mol. The number of benzene rings is 1. The topological polar surface area (TPSA) is 85.8 Å². The van der Waals surface area contributed by atoms with Gasteiger partial charge in [0, 0.05) is 6.54 Å². The first-order chi connectivity index (χ1) is 13.6. The van der Waals surface area contributed by atoms with Crippen molar-refractivity contribution in [3.63, 3.8) is 0 Å². The Morgan fingerprint density at radius 1 is 1.21 bits per heavy atom. The number of amides is 1. The summed E-state index contributed by atoms with van der Waals surface area (Å²) in [6.07, 6.45) is 3.12. The molecule has 3 aromatic rings. The highest BCUT2D eigenvalue weighted by Gasteiger charge is 2.22. The molecule has 9 heteroatoms. The van der Waals surface area contributed by atoms with Crippen LogP contribution in [0.2, 0.25) is 0 Å². The van der Waals surface area contributed by atoms with E-state index in [-0.39, 0.29) is 24.1 Å². The minimum Gasteiger partial charge on any atom is -0.348 e. The molecule has 0 aliphatic heterocycles. The molecule has 7 nitrogen and oxygen atoms in total. The normalized spacial score (nSPS) is 15.4. The molecule has 1 aliphatic carbocycles. The molecule has 0 atom stereocenters. The molecular weight excluding hydrogens is 368 g/mol. The van der Waals surface area contributed by atoms with Crippen LogP contribution in [-0.4, -0.2) is 32.1 Å². The molecule has 2 aromatic heterocycles. The number of carbonyl (C=O) groups is 1. The van der Waals surface area contributed by atoms with Crippen LogP contribution in [0, 0.1) is 5.92 Å². The van der Waals surface area contributed by atoms with E-state index in [0.29, 0.717) is 23.5 Å². The molecule has 1 N–H and O–H groups in total. The van der Waals surface area contributed by atoms with Crippen LogP contribution in [0.25, 0.3) is 11.0 Å². The Labute approximate surface area is 160 Å². The van der Waals surface area contributed by atoms with Gasteiger partial charge >= 0.3 is 11.8 Å². The molecule has 1 aliphatic rings. The number of alkyl halides is 2. The zero-order chi connectivity index (χ0) is 19.5. The van der Waals surface area contributed by atoms with Gasteiger partial charge in [-0.1, -0.05) is 36.6 Å². The Morgan fingerprint density at radius 2 is 2.00 bits per heavy atom. The summed E-state index contributed by atoms with van der Waals surface area (Å²) in [5.74, 6) is -0.337. The van der Waals surface area contributed by atoms with Gasteiger partial charge in [-0.05, 0) is 30.9 Å². The number of rotatable bonds is 6. The first kappa shape index (κ1) is 18.5. The van der Waals surface area contributed by atoms with Gasteiger partial charge in [0.05, 0.1) is 17.6 Å². The van der Waals surface area contributed by atoms with Crippen molar-refractivity contribution in [2.45, 2.75) is 45.1 Å². The van der Waals surface area contributed by atoms with E-state index in [4.69, 9.17) is 4.52 Å². The average Bonchev–Trinajstić information content (AvgIpc) is 3.33. The molecular formula is C19H21F2N5O2. The lowest BCUT2D eigenvalue weighted by Crippen LogP contribution is -2.30. The van der Waals surface area contributed by atoms with E-state index in [1.165, 1.54) is 23.8 Å². The van der Waals surface area contributed by atoms with Gasteiger partial charge in [-0.25, -0.2) is 13.8 Å². The number of hydrogen-bond acceptors (Lipinski definition) is 5. The predicted octanol–water partition coefficient (Wildman–Crippen LogP) is 3.72. The molecule has 4 rings (SSSR count). The van der Waals surface area contributed by atoms with Gasteiger partial charge in [-0.15, -0.1) is 0 Å². The standard InChI is InChI=1S/C19H21F2N5O2/c20-16(21)17-23-13-8-4-5-9-14(13)26(17)11-15-24-19(28-25-15)18(27)22-10-12-6-2-1-3-7-12/h4-5,8-9,12,16H,1-3,6-7,10-11H2,(H,22,27). The van der Waals surface area contributed by atoms with E-state index in [1.807, 2.05) is 0 Å². The summed E-state index contributed by atoms with van der Waals surface area (Å²) in [5.41, 5.74) is 1.01. The molecule has 0 unspecified atom stereocenters. The van der Waals surface area contributed by atoms with Gasteiger partial charge in [0.1, 0.15) is 0 Å². The van der Waals surface area contributed by atoms with E-state index in [9.17, 15) is 13.6 Å². The number of fused-ring (bicyclic) bond motifs is 1. The number of nitrogens with one attached hydrogen (secondary N) is 1. The number of hydrogen-bond donors (Lipinski definition) is 1. The van der Waals surface area contributed by atoms with Gasteiger partial charge in [-0.2, -0.15) is 4.98 Å². The predicted molar refractivity (Wildman–Crippen MR) is 97.0 cm³/mol. The van der Waals surface area contributed by atoms with E-state index < -0.39 is 12.3 Å². The fraction of sp³-hybridized carbons (Fsp3) is 0.474. The minimum atomic E-state index is -2.74. The third-order valence-electron chi connectivity index (χ3n) is 5.12. The van der Waals surface area contributed by atoms with Crippen molar-refractivity contribution in [2.24, 2.45) is 5.92 Å². The van der Waals surface area contributed by atoms with Crippen LogP contribution in [0.3, 0.4) is 0 Å². The first-order valence-corrected chi connectivity index (χ1v) is 9.46. The van der Waals surface area contributed by atoms with Gasteiger partial charge in [0.25, 0.3) is 6.43 Å². The fourth-order valence-electron chi connectivity index (χ4n) is 3.68.